The maximum absolute atomic E-state index is 13.4. The summed E-state index contributed by atoms with van der Waals surface area (Å²) in [4.78, 5) is 2.28. The Morgan fingerprint density at radius 1 is 1.39 bits per heavy atom. The first-order valence-corrected chi connectivity index (χ1v) is 7.37. The average molecular weight is 315 g/mol. The van der Waals surface area contributed by atoms with Crippen molar-refractivity contribution in [3.05, 3.63) is 24.0 Å². The molecule has 6 nitrogen and oxygen atoms in total. The third-order valence-corrected chi connectivity index (χ3v) is 3.75. The Hall–Kier alpha value is -2.64. The topological polar surface area (TPSA) is 84.4 Å². The van der Waals surface area contributed by atoms with E-state index in [1.165, 1.54) is 18.2 Å². The van der Waals surface area contributed by atoms with Crippen LogP contribution in [0.15, 0.2) is 23.3 Å². The van der Waals surface area contributed by atoms with Crippen molar-refractivity contribution in [1.82, 2.24) is 4.90 Å². The van der Waals surface area contributed by atoms with Gasteiger partial charge in [0.1, 0.15) is 29.4 Å². The van der Waals surface area contributed by atoms with Crippen molar-refractivity contribution in [2.75, 3.05) is 32.2 Å². The van der Waals surface area contributed by atoms with Crippen LogP contribution in [-0.2, 0) is 0 Å². The summed E-state index contributed by atoms with van der Waals surface area (Å²) < 4.78 is 19.2. The molecule has 120 valence electrons. The SMILES string of the molecule is CN1CCC(COc2ccc(F)cc2NN=C(C#N)C#N)CC1. The zero-order valence-corrected chi connectivity index (χ0v) is 12.9. The predicted molar refractivity (Wildman–Crippen MR) is 84.4 cm³/mol. The van der Waals surface area contributed by atoms with Gasteiger partial charge in [-0.3, -0.25) is 5.43 Å². The summed E-state index contributed by atoms with van der Waals surface area (Å²) in [5.74, 6) is 0.454. The summed E-state index contributed by atoms with van der Waals surface area (Å²) in [5, 5.41) is 21.0. The van der Waals surface area contributed by atoms with Crippen LogP contribution in [-0.4, -0.2) is 37.4 Å². The van der Waals surface area contributed by atoms with Crippen LogP contribution in [0.25, 0.3) is 0 Å². The number of nitriles is 2. The molecule has 1 fully saturated rings. The highest BCUT2D eigenvalue weighted by Gasteiger charge is 2.18. The second kappa shape index (κ2) is 8.11. The number of ether oxygens (including phenoxy) is 1. The van der Waals surface area contributed by atoms with Crippen molar-refractivity contribution in [3.8, 4) is 17.9 Å². The monoisotopic (exact) mass is 315 g/mol. The molecular weight excluding hydrogens is 297 g/mol. The van der Waals surface area contributed by atoms with E-state index in [1.807, 2.05) is 0 Å². The molecule has 1 aliphatic heterocycles. The summed E-state index contributed by atoms with van der Waals surface area (Å²) in [7, 11) is 2.10. The van der Waals surface area contributed by atoms with Gasteiger partial charge in [-0.1, -0.05) is 0 Å². The van der Waals surface area contributed by atoms with Crippen LogP contribution in [0.5, 0.6) is 5.75 Å². The zero-order chi connectivity index (χ0) is 16.7. The lowest BCUT2D eigenvalue weighted by atomic mass is 9.98. The summed E-state index contributed by atoms with van der Waals surface area (Å²) in [5.41, 5.74) is 2.48. The summed E-state index contributed by atoms with van der Waals surface area (Å²) in [6.45, 7) is 2.63. The average Bonchev–Trinajstić information content (AvgIpc) is 2.56. The number of hydrogen-bond acceptors (Lipinski definition) is 6. The zero-order valence-electron chi connectivity index (χ0n) is 12.9. The Kier molecular flexibility index (Phi) is 5.90. The van der Waals surface area contributed by atoms with E-state index in [2.05, 4.69) is 22.5 Å². The lowest BCUT2D eigenvalue weighted by molar-refractivity contribution is 0.160. The summed E-state index contributed by atoms with van der Waals surface area (Å²) >= 11 is 0. The first-order chi connectivity index (χ1) is 11.1. The number of nitrogens with one attached hydrogen (secondary N) is 1. The molecule has 0 aliphatic carbocycles. The van der Waals surface area contributed by atoms with Gasteiger partial charge in [-0.15, -0.1) is 0 Å². The number of rotatable bonds is 5. The Bertz CT molecular complexity index is 637. The Balaban J connectivity index is 2.02. The Labute approximate surface area is 134 Å². The smallest absolute Gasteiger partial charge is 0.237 e. The minimum Gasteiger partial charge on any atom is -0.491 e. The fraction of sp³-hybridized carbons (Fsp3) is 0.438. The van der Waals surface area contributed by atoms with Gasteiger partial charge in [-0.05, 0) is 51.0 Å². The molecule has 1 N–H and O–H groups in total. The van der Waals surface area contributed by atoms with Gasteiger partial charge in [0.2, 0.25) is 5.71 Å². The number of likely N-dealkylation sites (tertiary alicyclic amines) is 1. The highest BCUT2D eigenvalue weighted by molar-refractivity contribution is 6.10. The van der Waals surface area contributed by atoms with Crippen molar-refractivity contribution in [2.45, 2.75) is 12.8 Å². The van der Waals surface area contributed by atoms with Crippen molar-refractivity contribution >= 4 is 11.4 Å². The molecule has 0 radical (unpaired) electrons. The van der Waals surface area contributed by atoms with E-state index >= 15 is 0 Å². The molecule has 1 aliphatic rings. The van der Waals surface area contributed by atoms with Crippen LogP contribution in [0.3, 0.4) is 0 Å². The second-order valence-corrected chi connectivity index (χ2v) is 5.49. The molecule has 0 amide bonds. The molecule has 0 unspecified atom stereocenters. The molecule has 1 heterocycles. The fourth-order valence-electron chi connectivity index (χ4n) is 2.34. The van der Waals surface area contributed by atoms with Crippen molar-refractivity contribution in [1.29, 1.82) is 10.5 Å². The van der Waals surface area contributed by atoms with Gasteiger partial charge in [0.15, 0.2) is 0 Å². The number of nitrogens with zero attached hydrogens (tertiary/aromatic N) is 4. The quantitative estimate of drug-likeness (QED) is 0.666. The predicted octanol–water partition coefficient (Wildman–Crippen LogP) is 2.36. The van der Waals surface area contributed by atoms with Gasteiger partial charge >= 0.3 is 0 Å². The van der Waals surface area contributed by atoms with Crippen LogP contribution >= 0.6 is 0 Å². The molecule has 23 heavy (non-hydrogen) atoms. The van der Waals surface area contributed by atoms with E-state index in [1.54, 1.807) is 12.1 Å². The number of anilines is 1. The second-order valence-electron chi connectivity index (χ2n) is 5.49. The van der Waals surface area contributed by atoms with Gasteiger partial charge in [0, 0.05) is 6.07 Å². The summed E-state index contributed by atoms with van der Waals surface area (Å²) in [6, 6.07) is 7.30. The van der Waals surface area contributed by atoms with Gasteiger partial charge in [0.25, 0.3) is 0 Å². The van der Waals surface area contributed by atoms with E-state index in [0.717, 1.165) is 25.9 Å². The highest BCUT2D eigenvalue weighted by atomic mass is 19.1. The molecule has 7 heteroatoms. The molecule has 0 bridgehead atoms. The minimum atomic E-state index is -0.454. The van der Waals surface area contributed by atoms with E-state index < -0.39 is 5.82 Å². The first-order valence-electron chi connectivity index (χ1n) is 7.37. The third kappa shape index (κ3) is 4.94. The molecular formula is C16H18FN5O. The highest BCUT2D eigenvalue weighted by Crippen LogP contribution is 2.27. The van der Waals surface area contributed by atoms with E-state index in [9.17, 15) is 4.39 Å². The Morgan fingerprint density at radius 2 is 2.09 bits per heavy atom. The maximum atomic E-state index is 13.4. The Morgan fingerprint density at radius 3 is 2.74 bits per heavy atom. The van der Waals surface area contributed by atoms with Crippen molar-refractivity contribution in [2.24, 2.45) is 11.0 Å². The number of hydrazone groups is 1. The van der Waals surface area contributed by atoms with E-state index in [4.69, 9.17) is 15.3 Å². The molecule has 1 aromatic carbocycles. The molecule has 2 rings (SSSR count). The molecule has 0 atom stereocenters. The first kappa shape index (κ1) is 16.7. The number of piperidine rings is 1. The van der Waals surface area contributed by atoms with Gasteiger partial charge in [-0.2, -0.15) is 15.6 Å². The fourth-order valence-corrected chi connectivity index (χ4v) is 2.34. The molecule has 1 aromatic rings. The minimum absolute atomic E-state index is 0.293. The van der Waals surface area contributed by atoms with Crippen LogP contribution in [0.2, 0.25) is 0 Å². The molecule has 1 saturated heterocycles. The summed E-state index contributed by atoms with van der Waals surface area (Å²) in [6.07, 6.45) is 2.12. The standard InChI is InChI=1S/C16H18FN5O/c1-22-6-4-12(5-7-22)11-23-16-3-2-13(17)8-15(16)21-20-14(9-18)10-19/h2-3,8,12,21H,4-7,11H2,1H3. The van der Waals surface area contributed by atoms with Crippen molar-refractivity contribution in [3.63, 3.8) is 0 Å². The van der Waals surface area contributed by atoms with Crippen LogP contribution in [0, 0.1) is 34.4 Å². The van der Waals surface area contributed by atoms with Gasteiger partial charge in [0.05, 0.1) is 6.61 Å². The maximum Gasteiger partial charge on any atom is 0.237 e. The molecule has 0 aromatic heterocycles. The van der Waals surface area contributed by atoms with Gasteiger partial charge < -0.3 is 9.64 Å². The van der Waals surface area contributed by atoms with E-state index in [0.29, 0.717) is 24.0 Å². The van der Waals surface area contributed by atoms with E-state index in [-0.39, 0.29) is 5.71 Å². The molecule has 0 spiro atoms. The van der Waals surface area contributed by atoms with Crippen LogP contribution in [0.4, 0.5) is 10.1 Å². The lowest BCUT2D eigenvalue weighted by Gasteiger charge is -2.28. The van der Waals surface area contributed by atoms with Crippen molar-refractivity contribution < 1.29 is 9.13 Å². The largest absolute Gasteiger partial charge is 0.491 e. The van der Waals surface area contributed by atoms with Gasteiger partial charge in [-0.25, -0.2) is 4.39 Å². The normalized spacial score (nSPS) is 15.3. The number of benzene rings is 1. The lowest BCUT2D eigenvalue weighted by Crippen LogP contribution is -2.32. The van der Waals surface area contributed by atoms with Crippen LogP contribution < -0.4 is 10.2 Å². The van der Waals surface area contributed by atoms with Crippen LogP contribution in [0.1, 0.15) is 12.8 Å². The third-order valence-electron chi connectivity index (χ3n) is 3.75. The molecule has 0 saturated carbocycles. The number of hydrogen-bond donors (Lipinski definition) is 1. The number of halogens is 1.